The topological polar surface area (TPSA) is 61.4 Å². The zero-order valence-corrected chi connectivity index (χ0v) is 17.0. The Bertz CT molecular complexity index is 842. The number of nitrogens with zero attached hydrogens (tertiary/aromatic N) is 1. The monoisotopic (exact) mass is 411 g/mol. The number of piperazine rings is 1. The lowest BCUT2D eigenvalue weighted by Gasteiger charge is -2.38. The van der Waals surface area contributed by atoms with Crippen molar-refractivity contribution in [2.45, 2.75) is 32.9 Å². The number of aryl methyl sites for hydroxylation is 1. The van der Waals surface area contributed by atoms with E-state index in [0.717, 1.165) is 12.1 Å². The summed E-state index contributed by atoms with van der Waals surface area (Å²) < 4.78 is 13.3. The number of halogens is 2. The molecule has 0 spiro atoms. The summed E-state index contributed by atoms with van der Waals surface area (Å²) in [5.74, 6) is -0.869. The minimum absolute atomic E-state index is 0. The summed E-state index contributed by atoms with van der Waals surface area (Å²) in [4.78, 5) is 27.7. The van der Waals surface area contributed by atoms with Crippen LogP contribution in [0.25, 0.3) is 0 Å². The third-order valence-corrected chi connectivity index (χ3v) is 5.87. The molecule has 1 aliphatic rings. The van der Waals surface area contributed by atoms with Gasteiger partial charge in [-0.1, -0.05) is 6.07 Å². The van der Waals surface area contributed by atoms with Gasteiger partial charge in [0.1, 0.15) is 5.82 Å². The molecule has 2 aromatic rings. The molecule has 0 saturated carbocycles. The maximum atomic E-state index is 13.3. The Morgan fingerprint density at radius 3 is 2.74 bits per heavy atom. The lowest BCUT2D eigenvalue weighted by Crippen LogP contribution is -2.57. The van der Waals surface area contributed by atoms with Crippen molar-refractivity contribution in [3.05, 3.63) is 52.2 Å². The van der Waals surface area contributed by atoms with E-state index in [2.05, 4.69) is 17.6 Å². The van der Waals surface area contributed by atoms with Crippen molar-refractivity contribution >= 4 is 40.6 Å². The highest BCUT2D eigenvalue weighted by Crippen LogP contribution is 2.29. The lowest BCUT2D eigenvalue weighted by atomic mass is 10.1. The van der Waals surface area contributed by atoms with Crippen LogP contribution < -0.4 is 10.6 Å². The van der Waals surface area contributed by atoms with Crippen LogP contribution in [0.2, 0.25) is 0 Å². The third-order valence-electron chi connectivity index (χ3n) is 4.73. The van der Waals surface area contributed by atoms with E-state index < -0.39 is 11.7 Å². The Morgan fingerprint density at radius 1 is 1.30 bits per heavy atom. The van der Waals surface area contributed by atoms with E-state index in [1.807, 2.05) is 18.7 Å². The molecule has 146 valence electrons. The standard InChI is InChI=1S/C19H22FN3O2S.ClH/c1-11-9-16(22-18(24)14-5-4-6-15(20)10-14)26-17(11)19(25)23-8-7-21-12(2)13(23)3;/h4-6,9-10,12-13,21H,7-8H2,1-3H3,(H,22,24);1H. The predicted molar refractivity (Wildman–Crippen MR) is 109 cm³/mol. The van der Waals surface area contributed by atoms with E-state index in [1.165, 1.54) is 29.5 Å². The molecule has 2 atom stereocenters. The Hall–Kier alpha value is -1.96. The molecule has 1 fully saturated rings. The highest BCUT2D eigenvalue weighted by Gasteiger charge is 2.30. The molecular weight excluding hydrogens is 389 g/mol. The highest BCUT2D eigenvalue weighted by molar-refractivity contribution is 7.18. The van der Waals surface area contributed by atoms with Gasteiger partial charge in [0.05, 0.1) is 9.88 Å². The zero-order valence-electron chi connectivity index (χ0n) is 15.4. The summed E-state index contributed by atoms with van der Waals surface area (Å²) in [5, 5.41) is 6.69. The van der Waals surface area contributed by atoms with E-state index in [0.29, 0.717) is 16.4 Å². The number of amides is 2. The summed E-state index contributed by atoms with van der Waals surface area (Å²) in [6.07, 6.45) is 0. The van der Waals surface area contributed by atoms with E-state index in [9.17, 15) is 14.0 Å². The van der Waals surface area contributed by atoms with Gasteiger partial charge in [-0.3, -0.25) is 9.59 Å². The van der Waals surface area contributed by atoms with Crippen LogP contribution >= 0.6 is 23.7 Å². The number of thiophene rings is 1. The van der Waals surface area contributed by atoms with Crippen LogP contribution in [0, 0.1) is 12.7 Å². The van der Waals surface area contributed by atoms with Crippen molar-refractivity contribution in [3.8, 4) is 0 Å². The Balaban J connectivity index is 0.00000261. The first-order chi connectivity index (χ1) is 12.4. The van der Waals surface area contributed by atoms with Gasteiger partial charge in [-0.2, -0.15) is 0 Å². The minimum atomic E-state index is -0.460. The van der Waals surface area contributed by atoms with Gasteiger partial charge in [-0.25, -0.2) is 4.39 Å². The van der Waals surface area contributed by atoms with Gasteiger partial charge in [0.2, 0.25) is 0 Å². The SMILES string of the molecule is Cc1cc(NC(=O)c2cccc(F)c2)sc1C(=O)N1CCNC(C)C1C.Cl. The molecule has 5 nitrogen and oxygen atoms in total. The molecule has 2 unspecified atom stereocenters. The van der Waals surface area contributed by atoms with Gasteiger partial charge in [0.15, 0.2) is 0 Å². The van der Waals surface area contributed by atoms with E-state index in [-0.39, 0.29) is 36.0 Å². The number of hydrogen-bond acceptors (Lipinski definition) is 4. The van der Waals surface area contributed by atoms with Gasteiger partial charge < -0.3 is 15.5 Å². The molecule has 2 heterocycles. The molecule has 3 rings (SSSR count). The first kappa shape index (κ1) is 21.3. The smallest absolute Gasteiger partial charge is 0.264 e. The van der Waals surface area contributed by atoms with Crippen molar-refractivity contribution in [3.63, 3.8) is 0 Å². The Kier molecular flexibility index (Phi) is 6.97. The largest absolute Gasteiger partial charge is 0.332 e. The van der Waals surface area contributed by atoms with E-state index in [1.54, 1.807) is 12.1 Å². The molecule has 2 N–H and O–H groups in total. The van der Waals surface area contributed by atoms with Crippen LogP contribution in [0.3, 0.4) is 0 Å². The van der Waals surface area contributed by atoms with Gasteiger partial charge in [0, 0.05) is 30.7 Å². The van der Waals surface area contributed by atoms with Gasteiger partial charge in [-0.15, -0.1) is 23.7 Å². The van der Waals surface area contributed by atoms with Crippen LogP contribution in [-0.4, -0.2) is 41.9 Å². The van der Waals surface area contributed by atoms with Crippen LogP contribution in [0.1, 0.15) is 39.4 Å². The first-order valence-electron chi connectivity index (χ1n) is 8.58. The molecule has 1 aromatic carbocycles. The Labute approximate surface area is 168 Å². The number of carbonyl (C=O) groups excluding carboxylic acids is 2. The summed E-state index contributed by atoms with van der Waals surface area (Å²) in [5.41, 5.74) is 1.07. The van der Waals surface area contributed by atoms with Crippen LogP contribution in [0.5, 0.6) is 0 Å². The average Bonchev–Trinajstić information content (AvgIpc) is 2.97. The second kappa shape index (κ2) is 8.82. The second-order valence-electron chi connectivity index (χ2n) is 6.57. The van der Waals surface area contributed by atoms with Gasteiger partial charge >= 0.3 is 0 Å². The van der Waals surface area contributed by atoms with Crippen molar-refractivity contribution < 1.29 is 14.0 Å². The van der Waals surface area contributed by atoms with Crippen molar-refractivity contribution in [2.24, 2.45) is 0 Å². The number of benzene rings is 1. The Morgan fingerprint density at radius 2 is 2.04 bits per heavy atom. The molecule has 0 radical (unpaired) electrons. The van der Waals surface area contributed by atoms with Gasteiger partial charge in [-0.05, 0) is 50.6 Å². The molecule has 1 aromatic heterocycles. The normalized spacial score (nSPS) is 19.3. The maximum absolute atomic E-state index is 13.3. The molecular formula is C19H23ClFN3O2S. The summed E-state index contributed by atoms with van der Waals surface area (Å²) in [6, 6.07) is 7.64. The second-order valence-corrected chi connectivity index (χ2v) is 7.62. The fourth-order valence-electron chi connectivity index (χ4n) is 3.04. The number of hydrogen-bond donors (Lipinski definition) is 2. The van der Waals surface area contributed by atoms with Crippen molar-refractivity contribution in [1.82, 2.24) is 10.2 Å². The van der Waals surface area contributed by atoms with Crippen molar-refractivity contribution in [2.75, 3.05) is 18.4 Å². The maximum Gasteiger partial charge on any atom is 0.264 e. The van der Waals surface area contributed by atoms with E-state index >= 15 is 0 Å². The number of carbonyl (C=O) groups is 2. The molecule has 2 amide bonds. The number of anilines is 1. The predicted octanol–water partition coefficient (Wildman–Crippen LogP) is 3.69. The lowest BCUT2D eigenvalue weighted by molar-refractivity contribution is 0.0607. The molecule has 0 bridgehead atoms. The molecule has 0 aliphatic carbocycles. The fraction of sp³-hybridized carbons (Fsp3) is 0.368. The summed E-state index contributed by atoms with van der Waals surface area (Å²) in [6.45, 7) is 7.38. The van der Waals surface area contributed by atoms with Crippen LogP contribution in [0.15, 0.2) is 30.3 Å². The minimum Gasteiger partial charge on any atom is -0.332 e. The number of rotatable bonds is 3. The molecule has 1 aliphatic heterocycles. The van der Waals surface area contributed by atoms with E-state index in [4.69, 9.17) is 0 Å². The molecule has 1 saturated heterocycles. The average molecular weight is 412 g/mol. The molecule has 8 heteroatoms. The highest BCUT2D eigenvalue weighted by atomic mass is 35.5. The van der Waals surface area contributed by atoms with Crippen LogP contribution in [0.4, 0.5) is 9.39 Å². The third kappa shape index (κ3) is 4.66. The zero-order chi connectivity index (χ0) is 18.8. The van der Waals surface area contributed by atoms with Crippen molar-refractivity contribution in [1.29, 1.82) is 0 Å². The van der Waals surface area contributed by atoms with Crippen LogP contribution in [-0.2, 0) is 0 Å². The number of nitrogens with one attached hydrogen (secondary N) is 2. The van der Waals surface area contributed by atoms with Gasteiger partial charge in [0.25, 0.3) is 11.8 Å². The summed E-state index contributed by atoms with van der Waals surface area (Å²) >= 11 is 1.25. The first-order valence-corrected chi connectivity index (χ1v) is 9.40. The fourth-order valence-corrected chi connectivity index (χ4v) is 4.07. The molecule has 27 heavy (non-hydrogen) atoms. The summed E-state index contributed by atoms with van der Waals surface area (Å²) in [7, 11) is 0. The quantitative estimate of drug-likeness (QED) is 0.809.